The van der Waals surface area contributed by atoms with Crippen molar-refractivity contribution in [3.8, 4) is 0 Å². The number of aryl methyl sites for hydroxylation is 1. The first-order valence-electron chi connectivity index (χ1n) is 7.69. The Balaban J connectivity index is 1.76. The molecule has 3 heteroatoms. The molecule has 1 aliphatic rings. The zero-order valence-electron chi connectivity index (χ0n) is 13.0. The van der Waals surface area contributed by atoms with Gasteiger partial charge in [0.2, 0.25) is 0 Å². The molecule has 0 bridgehead atoms. The van der Waals surface area contributed by atoms with Gasteiger partial charge in [0.05, 0.1) is 5.69 Å². The second-order valence-electron chi connectivity index (χ2n) is 5.84. The molecule has 1 aliphatic heterocycles. The molecule has 20 heavy (non-hydrogen) atoms. The van der Waals surface area contributed by atoms with Gasteiger partial charge >= 0.3 is 0 Å². The lowest BCUT2D eigenvalue weighted by Gasteiger charge is -2.34. The van der Waals surface area contributed by atoms with E-state index >= 15 is 0 Å². The van der Waals surface area contributed by atoms with Crippen LogP contribution in [0.25, 0.3) is 6.08 Å². The topological polar surface area (TPSA) is 19.4 Å². The van der Waals surface area contributed by atoms with Crippen LogP contribution >= 0.6 is 0 Å². The molecule has 0 saturated carbocycles. The van der Waals surface area contributed by atoms with Crippen LogP contribution in [-0.2, 0) is 6.42 Å². The predicted octanol–water partition coefficient (Wildman–Crippen LogP) is 2.68. The fraction of sp³-hybridized carbons (Fsp3) is 0.588. The van der Waals surface area contributed by atoms with Crippen molar-refractivity contribution in [1.29, 1.82) is 0 Å². The minimum Gasteiger partial charge on any atom is -0.306 e. The Labute approximate surface area is 123 Å². The summed E-state index contributed by atoms with van der Waals surface area (Å²) in [6, 6.07) is 5.03. The van der Waals surface area contributed by atoms with E-state index in [0.29, 0.717) is 0 Å². The number of piperidine rings is 1. The first-order valence-corrected chi connectivity index (χ1v) is 7.69. The van der Waals surface area contributed by atoms with E-state index in [4.69, 9.17) is 0 Å². The third-order valence-corrected chi connectivity index (χ3v) is 4.20. The van der Waals surface area contributed by atoms with Gasteiger partial charge in [0.15, 0.2) is 0 Å². The lowest BCUT2D eigenvalue weighted by atomic mass is 10.0. The molecule has 0 spiro atoms. The van der Waals surface area contributed by atoms with Crippen molar-refractivity contribution in [2.75, 3.05) is 33.7 Å². The van der Waals surface area contributed by atoms with Crippen LogP contribution in [0, 0.1) is 0 Å². The molecule has 0 radical (unpaired) electrons. The number of rotatable bonds is 5. The molecule has 0 amide bonds. The van der Waals surface area contributed by atoms with Crippen LogP contribution < -0.4 is 0 Å². The van der Waals surface area contributed by atoms with Crippen molar-refractivity contribution in [1.82, 2.24) is 14.8 Å². The van der Waals surface area contributed by atoms with Gasteiger partial charge in [-0.2, -0.15) is 0 Å². The van der Waals surface area contributed by atoms with Crippen LogP contribution in [-0.4, -0.2) is 54.6 Å². The Kier molecular flexibility index (Phi) is 5.74. The van der Waals surface area contributed by atoms with Crippen molar-refractivity contribution in [2.45, 2.75) is 32.2 Å². The summed E-state index contributed by atoms with van der Waals surface area (Å²) in [5, 5.41) is 0. The molecule has 1 aromatic rings. The second-order valence-corrected chi connectivity index (χ2v) is 5.84. The monoisotopic (exact) mass is 273 g/mol. The molecule has 1 aromatic heterocycles. The summed E-state index contributed by atoms with van der Waals surface area (Å²) >= 11 is 0. The Bertz CT molecular complexity index is 414. The third kappa shape index (κ3) is 4.43. The summed E-state index contributed by atoms with van der Waals surface area (Å²) in [5.41, 5.74) is 2.36. The molecule has 1 fully saturated rings. The summed E-state index contributed by atoms with van der Waals surface area (Å²) in [6.07, 6.45) is 9.97. The molecule has 110 valence electrons. The minimum atomic E-state index is 0.762. The summed E-state index contributed by atoms with van der Waals surface area (Å²) in [4.78, 5) is 9.33. The fourth-order valence-corrected chi connectivity index (χ4v) is 2.68. The number of likely N-dealkylation sites (tertiary alicyclic amines) is 1. The molecular formula is C17H27N3. The molecule has 0 N–H and O–H groups in total. The Hall–Kier alpha value is -1.19. The summed E-state index contributed by atoms with van der Waals surface area (Å²) in [5.74, 6) is 0. The van der Waals surface area contributed by atoms with E-state index in [9.17, 15) is 0 Å². The van der Waals surface area contributed by atoms with E-state index in [0.717, 1.165) is 24.7 Å². The van der Waals surface area contributed by atoms with Gasteiger partial charge in [0.25, 0.3) is 0 Å². The fourth-order valence-electron chi connectivity index (χ4n) is 2.68. The Morgan fingerprint density at radius 1 is 1.30 bits per heavy atom. The van der Waals surface area contributed by atoms with Gasteiger partial charge in [-0.3, -0.25) is 9.88 Å². The molecule has 2 heterocycles. The first-order chi connectivity index (χ1) is 9.69. The van der Waals surface area contributed by atoms with Gasteiger partial charge in [0.1, 0.15) is 0 Å². The molecular weight excluding hydrogens is 246 g/mol. The van der Waals surface area contributed by atoms with E-state index in [1.165, 1.54) is 31.5 Å². The van der Waals surface area contributed by atoms with Crippen LogP contribution in [0.4, 0.5) is 0 Å². The lowest BCUT2D eigenvalue weighted by Crippen LogP contribution is -2.41. The smallest absolute Gasteiger partial charge is 0.0627 e. The van der Waals surface area contributed by atoms with Crippen LogP contribution in [0.3, 0.4) is 0 Å². The van der Waals surface area contributed by atoms with Crippen LogP contribution in [0.1, 0.15) is 31.0 Å². The first kappa shape index (κ1) is 15.2. The Morgan fingerprint density at radius 2 is 2.05 bits per heavy atom. The highest BCUT2D eigenvalue weighted by molar-refractivity contribution is 5.44. The quantitative estimate of drug-likeness (QED) is 0.822. The van der Waals surface area contributed by atoms with Crippen molar-refractivity contribution in [2.24, 2.45) is 0 Å². The lowest BCUT2D eigenvalue weighted by molar-refractivity contribution is 0.155. The van der Waals surface area contributed by atoms with Crippen LogP contribution in [0.5, 0.6) is 0 Å². The molecule has 0 aliphatic carbocycles. The molecule has 0 atom stereocenters. The number of nitrogens with zero attached hydrogens (tertiary/aromatic N) is 3. The van der Waals surface area contributed by atoms with Crippen LogP contribution in [0.2, 0.25) is 0 Å². The number of hydrogen-bond donors (Lipinski definition) is 0. The van der Waals surface area contributed by atoms with Crippen molar-refractivity contribution >= 4 is 6.08 Å². The number of aromatic nitrogens is 1. The highest BCUT2D eigenvalue weighted by Gasteiger charge is 2.19. The largest absolute Gasteiger partial charge is 0.306 e. The number of hydrogen-bond acceptors (Lipinski definition) is 3. The molecule has 2 rings (SSSR count). The third-order valence-electron chi connectivity index (χ3n) is 4.20. The average Bonchev–Trinajstić information content (AvgIpc) is 2.48. The van der Waals surface area contributed by atoms with Gasteiger partial charge in [-0.25, -0.2) is 0 Å². The molecule has 0 unspecified atom stereocenters. The van der Waals surface area contributed by atoms with Gasteiger partial charge < -0.3 is 4.90 Å². The zero-order chi connectivity index (χ0) is 14.4. The van der Waals surface area contributed by atoms with Gasteiger partial charge in [-0.1, -0.05) is 19.1 Å². The van der Waals surface area contributed by atoms with Crippen LogP contribution in [0.15, 0.2) is 24.4 Å². The second kappa shape index (κ2) is 7.55. The van der Waals surface area contributed by atoms with E-state index in [1.807, 2.05) is 6.20 Å². The van der Waals surface area contributed by atoms with E-state index in [-0.39, 0.29) is 0 Å². The molecule has 0 aromatic carbocycles. The van der Waals surface area contributed by atoms with Gasteiger partial charge in [0, 0.05) is 18.8 Å². The minimum absolute atomic E-state index is 0.762. The highest BCUT2D eigenvalue weighted by Crippen LogP contribution is 2.14. The number of pyridine rings is 1. The molecule has 3 nitrogen and oxygen atoms in total. The molecule has 1 saturated heterocycles. The van der Waals surface area contributed by atoms with Crippen molar-refractivity contribution < 1.29 is 0 Å². The van der Waals surface area contributed by atoms with Gasteiger partial charge in [-0.05, 0) is 64.2 Å². The van der Waals surface area contributed by atoms with E-state index < -0.39 is 0 Å². The van der Waals surface area contributed by atoms with E-state index in [2.05, 4.69) is 60.1 Å². The van der Waals surface area contributed by atoms with Crippen molar-refractivity contribution in [3.63, 3.8) is 0 Å². The van der Waals surface area contributed by atoms with E-state index in [1.54, 1.807) is 0 Å². The Morgan fingerprint density at radius 3 is 2.60 bits per heavy atom. The predicted molar refractivity (Wildman–Crippen MR) is 85.8 cm³/mol. The highest BCUT2D eigenvalue weighted by atomic mass is 15.2. The maximum Gasteiger partial charge on any atom is 0.0627 e. The van der Waals surface area contributed by atoms with Crippen molar-refractivity contribution in [3.05, 3.63) is 35.7 Å². The summed E-state index contributed by atoms with van der Waals surface area (Å²) < 4.78 is 0. The standard InChI is InChI=1S/C17H27N3/c1-4-15-7-8-16(18-14-15)6-5-11-20-12-9-17(10-13-20)19(2)3/h5-8,14,17H,4,9-13H2,1-3H3/b6-5+. The summed E-state index contributed by atoms with van der Waals surface area (Å²) in [6.45, 7) is 5.60. The normalized spacial score (nSPS) is 18.2. The average molecular weight is 273 g/mol. The maximum atomic E-state index is 4.46. The maximum absolute atomic E-state index is 4.46. The SMILES string of the molecule is CCc1ccc(/C=C/CN2CCC(N(C)C)CC2)nc1. The van der Waals surface area contributed by atoms with Gasteiger partial charge in [-0.15, -0.1) is 0 Å². The summed E-state index contributed by atoms with van der Waals surface area (Å²) in [7, 11) is 4.37. The zero-order valence-corrected chi connectivity index (χ0v) is 13.0.